The van der Waals surface area contributed by atoms with Crippen LogP contribution in [-0.2, 0) is 0 Å². The van der Waals surface area contributed by atoms with Gasteiger partial charge in [-0.25, -0.2) is 0 Å². The van der Waals surface area contributed by atoms with Crippen molar-refractivity contribution in [3.8, 4) is 11.5 Å². The van der Waals surface area contributed by atoms with E-state index in [2.05, 4.69) is 195 Å². The van der Waals surface area contributed by atoms with E-state index in [9.17, 15) is 0 Å². The van der Waals surface area contributed by atoms with Crippen molar-refractivity contribution in [1.82, 2.24) is 0 Å². The molecule has 0 unspecified atom stereocenters. The van der Waals surface area contributed by atoms with Crippen LogP contribution in [0.3, 0.4) is 0 Å². The number of rotatable bonds is 12. The molecule has 7 rings (SSSR count). The maximum Gasteiger partial charge on any atom is 0.142 e. The fourth-order valence-corrected chi connectivity index (χ4v) is 7.13. The van der Waals surface area contributed by atoms with Crippen LogP contribution in [0.4, 0.5) is 34.1 Å². The third-order valence-corrected chi connectivity index (χ3v) is 10.0. The van der Waals surface area contributed by atoms with Gasteiger partial charge in [-0.05, 0) is 122 Å². The molecule has 0 aliphatic heterocycles. The second-order valence-electron chi connectivity index (χ2n) is 14.1. The topological polar surface area (TPSA) is 24.9 Å². The molecule has 0 heterocycles. The number of benzene rings is 7. The van der Waals surface area contributed by atoms with Gasteiger partial charge in [0.1, 0.15) is 11.5 Å². The summed E-state index contributed by atoms with van der Waals surface area (Å²) in [5.74, 6) is 1.65. The van der Waals surface area contributed by atoms with Gasteiger partial charge in [-0.3, -0.25) is 0 Å². The van der Waals surface area contributed by atoms with Gasteiger partial charge in [0.25, 0.3) is 0 Å². The van der Waals surface area contributed by atoms with Gasteiger partial charge in [0.2, 0.25) is 0 Å². The van der Waals surface area contributed by atoms with Gasteiger partial charge in [-0.15, -0.1) is 0 Å². The highest BCUT2D eigenvalue weighted by Gasteiger charge is 2.19. The molecule has 0 N–H and O–H groups in total. The van der Waals surface area contributed by atoms with Gasteiger partial charge in [0, 0.05) is 22.7 Å². The summed E-state index contributed by atoms with van der Waals surface area (Å²) in [4.78, 5) is 4.54. The zero-order valence-corrected chi connectivity index (χ0v) is 33.0. The lowest BCUT2D eigenvalue weighted by Gasteiger charge is -2.28. The van der Waals surface area contributed by atoms with Gasteiger partial charge in [0.05, 0.1) is 25.6 Å². The van der Waals surface area contributed by atoms with Crippen molar-refractivity contribution in [2.75, 3.05) is 24.0 Å². The molecular formula is C52H48N2O2. The molecule has 0 amide bonds. The van der Waals surface area contributed by atoms with Crippen LogP contribution in [0.2, 0.25) is 0 Å². The van der Waals surface area contributed by atoms with E-state index in [0.717, 1.165) is 67.9 Å². The molecule has 7 aromatic carbocycles. The molecule has 4 heteroatoms. The summed E-state index contributed by atoms with van der Waals surface area (Å²) >= 11 is 0. The Bertz CT molecular complexity index is 2300. The molecule has 0 saturated heterocycles. The number of ether oxygens (including phenoxy) is 2. The number of nitrogens with zero attached hydrogens (tertiary/aromatic N) is 2. The number of methoxy groups -OCH3 is 2. The molecule has 0 atom stereocenters. The first kappa shape index (κ1) is 37.5. The fraction of sp³-hybridized carbons (Fsp3) is 0.115. The van der Waals surface area contributed by atoms with Crippen molar-refractivity contribution in [1.29, 1.82) is 0 Å². The molecule has 0 aromatic heterocycles. The average Bonchev–Trinajstić information content (AvgIpc) is 3.22. The van der Waals surface area contributed by atoms with E-state index in [4.69, 9.17) is 9.47 Å². The fourth-order valence-electron chi connectivity index (χ4n) is 7.13. The molecule has 0 aliphatic carbocycles. The summed E-state index contributed by atoms with van der Waals surface area (Å²) in [7, 11) is 3.45. The van der Waals surface area contributed by atoms with Gasteiger partial charge in [-0.2, -0.15) is 0 Å². The van der Waals surface area contributed by atoms with E-state index < -0.39 is 0 Å². The van der Waals surface area contributed by atoms with Crippen LogP contribution in [0.15, 0.2) is 158 Å². The molecule has 0 saturated carbocycles. The van der Waals surface area contributed by atoms with Gasteiger partial charge >= 0.3 is 0 Å². The van der Waals surface area contributed by atoms with Crippen LogP contribution in [-0.4, -0.2) is 14.2 Å². The average molecular weight is 733 g/mol. The van der Waals surface area contributed by atoms with Crippen LogP contribution in [0.5, 0.6) is 11.5 Å². The third-order valence-electron chi connectivity index (χ3n) is 10.0. The highest BCUT2D eigenvalue weighted by molar-refractivity contribution is 5.84. The highest BCUT2D eigenvalue weighted by atomic mass is 16.5. The van der Waals surface area contributed by atoms with Crippen molar-refractivity contribution in [2.45, 2.75) is 27.7 Å². The second-order valence-corrected chi connectivity index (χ2v) is 14.1. The lowest BCUT2D eigenvalue weighted by molar-refractivity contribution is 0.416. The van der Waals surface area contributed by atoms with Crippen molar-refractivity contribution in [3.05, 3.63) is 202 Å². The van der Waals surface area contributed by atoms with E-state index in [1.165, 1.54) is 22.3 Å². The van der Waals surface area contributed by atoms with Crippen molar-refractivity contribution in [3.63, 3.8) is 0 Å². The van der Waals surface area contributed by atoms with Crippen molar-refractivity contribution >= 4 is 58.4 Å². The van der Waals surface area contributed by atoms with E-state index in [1.807, 2.05) is 24.3 Å². The van der Waals surface area contributed by atoms with E-state index in [0.29, 0.717) is 0 Å². The molecular weight excluding hydrogens is 685 g/mol. The minimum absolute atomic E-state index is 0.827. The molecule has 0 radical (unpaired) electrons. The summed E-state index contributed by atoms with van der Waals surface area (Å²) in [6.07, 6.45) is 8.64. The van der Waals surface area contributed by atoms with Gasteiger partial charge in [0.15, 0.2) is 0 Å². The first-order valence-electron chi connectivity index (χ1n) is 19.0. The summed E-state index contributed by atoms with van der Waals surface area (Å²) in [5, 5.41) is 0. The Morgan fingerprint density at radius 3 is 1.00 bits per heavy atom. The number of anilines is 6. The Morgan fingerprint density at radius 2 is 0.679 bits per heavy atom. The van der Waals surface area contributed by atoms with E-state index >= 15 is 0 Å². The first-order chi connectivity index (χ1) is 27.3. The van der Waals surface area contributed by atoms with Crippen molar-refractivity contribution < 1.29 is 9.47 Å². The molecule has 0 aliphatic rings. The Hall–Kier alpha value is -6.78. The molecule has 278 valence electrons. The standard InChI is InChI=1S/C52H48N2O2/c1-37-15-33-47(39(3)35-37)53(49-11-7-9-13-51(49)55-5)45-29-25-43(26-30-45)23-21-41-17-19-42(20-18-41)22-24-44-27-31-46(32-28-44)54(48-34-16-38(2)36-40(48)4)50-12-8-10-14-52(50)56-6/h7-36H,1-6H3. The Morgan fingerprint density at radius 1 is 0.357 bits per heavy atom. The number of hydrogen-bond acceptors (Lipinski definition) is 4. The van der Waals surface area contributed by atoms with E-state index in [1.54, 1.807) is 14.2 Å². The van der Waals surface area contributed by atoms with Crippen LogP contribution >= 0.6 is 0 Å². The zero-order chi connectivity index (χ0) is 39.0. The van der Waals surface area contributed by atoms with Crippen LogP contribution < -0.4 is 19.3 Å². The number of hydrogen-bond donors (Lipinski definition) is 0. The zero-order valence-electron chi connectivity index (χ0n) is 33.0. The molecule has 4 nitrogen and oxygen atoms in total. The Kier molecular flexibility index (Phi) is 11.5. The normalized spacial score (nSPS) is 11.2. The summed E-state index contributed by atoms with van der Waals surface area (Å²) < 4.78 is 11.6. The number of para-hydroxylation sites is 4. The predicted molar refractivity (Wildman–Crippen MR) is 239 cm³/mol. The van der Waals surface area contributed by atoms with Crippen LogP contribution in [0, 0.1) is 27.7 Å². The Balaban J connectivity index is 1.05. The third kappa shape index (κ3) is 8.46. The smallest absolute Gasteiger partial charge is 0.142 e. The van der Waals surface area contributed by atoms with Crippen LogP contribution in [0.25, 0.3) is 24.3 Å². The number of aryl methyl sites for hydroxylation is 4. The van der Waals surface area contributed by atoms with Gasteiger partial charge in [-0.1, -0.05) is 132 Å². The molecule has 7 aromatic rings. The van der Waals surface area contributed by atoms with E-state index in [-0.39, 0.29) is 0 Å². The lowest BCUT2D eigenvalue weighted by atomic mass is 10.1. The molecule has 0 bridgehead atoms. The highest BCUT2D eigenvalue weighted by Crippen LogP contribution is 2.43. The maximum absolute atomic E-state index is 5.78. The molecule has 0 spiro atoms. The molecule has 0 fully saturated rings. The quantitative estimate of drug-likeness (QED) is 0.117. The molecule has 56 heavy (non-hydrogen) atoms. The minimum atomic E-state index is 0.827. The minimum Gasteiger partial charge on any atom is -0.495 e. The van der Waals surface area contributed by atoms with Gasteiger partial charge < -0.3 is 19.3 Å². The summed E-state index contributed by atoms with van der Waals surface area (Å²) in [6, 6.07) is 55.4. The van der Waals surface area contributed by atoms with Crippen molar-refractivity contribution in [2.24, 2.45) is 0 Å². The maximum atomic E-state index is 5.78. The van der Waals surface area contributed by atoms with Crippen LogP contribution in [0.1, 0.15) is 44.5 Å². The summed E-state index contributed by atoms with van der Waals surface area (Å²) in [6.45, 7) is 8.57. The Labute approximate surface area is 332 Å². The lowest BCUT2D eigenvalue weighted by Crippen LogP contribution is -2.12. The largest absolute Gasteiger partial charge is 0.495 e. The summed E-state index contributed by atoms with van der Waals surface area (Å²) in [5.41, 5.74) is 15.8. The second kappa shape index (κ2) is 17.1. The predicted octanol–water partition coefficient (Wildman–Crippen LogP) is 14.2. The monoisotopic (exact) mass is 732 g/mol. The SMILES string of the molecule is COc1ccccc1N(c1ccc(C=Cc2ccc(C=Cc3ccc(N(c4ccc(C)cc4C)c4ccccc4OC)cc3)cc2)cc1)c1ccc(C)cc1C. The first-order valence-corrected chi connectivity index (χ1v) is 19.0.